The highest BCUT2D eigenvalue weighted by Gasteiger charge is 2.09. The van der Waals surface area contributed by atoms with E-state index in [9.17, 15) is 4.79 Å². The van der Waals surface area contributed by atoms with Gasteiger partial charge in [0.15, 0.2) is 0 Å². The maximum Gasteiger partial charge on any atom is 0.261 e. The lowest BCUT2D eigenvalue weighted by atomic mass is 10.2. The largest absolute Gasteiger partial charge is 0.388 e. The number of nitrogens with zero attached hydrogens (tertiary/aromatic N) is 1. The summed E-state index contributed by atoms with van der Waals surface area (Å²) >= 11 is 0. The van der Waals surface area contributed by atoms with Crippen LogP contribution in [0.15, 0.2) is 49.3 Å². The molecule has 0 aliphatic heterocycles. The Labute approximate surface area is 96.1 Å². The van der Waals surface area contributed by atoms with E-state index in [1.165, 1.54) is 11.1 Å². The van der Waals surface area contributed by atoms with Crippen molar-refractivity contribution in [1.82, 2.24) is 4.90 Å². The zero-order valence-electron chi connectivity index (χ0n) is 9.60. The van der Waals surface area contributed by atoms with E-state index < -0.39 is 0 Å². The summed E-state index contributed by atoms with van der Waals surface area (Å²) in [5.41, 5.74) is 1.62. The number of amides is 1. The molecule has 3 heteroatoms. The van der Waals surface area contributed by atoms with Gasteiger partial charge in [-0.05, 0) is 31.2 Å². The van der Waals surface area contributed by atoms with Gasteiger partial charge in [-0.2, -0.15) is 0 Å². The summed E-state index contributed by atoms with van der Waals surface area (Å²) in [6.07, 6.45) is 4.97. The topological polar surface area (TPSA) is 32.3 Å². The number of rotatable bonds is 4. The Balaban J connectivity index is 2.90. The van der Waals surface area contributed by atoms with Gasteiger partial charge in [0, 0.05) is 30.7 Å². The van der Waals surface area contributed by atoms with E-state index in [0.717, 1.165) is 5.69 Å². The highest BCUT2D eigenvalue weighted by Crippen LogP contribution is 2.11. The van der Waals surface area contributed by atoms with Gasteiger partial charge in [-0.3, -0.25) is 9.69 Å². The van der Waals surface area contributed by atoms with Crippen molar-refractivity contribution in [2.45, 2.75) is 6.92 Å². The Bertz CT molecular complexity index is 393. The highest BCUT2D eigenvalue weighted by atomic mass is 16.2. The lowest BCUT2D eigenvalue weighted by molar-refractivity contribution is 0.0869. The van der Waals surface area contributed by atoms with Gasteiger partial charge in [-0.25, -0.2) is 0 Å². The standard InChI is InChI=1S/C13H16N2O/c1-4-10-15(5-2)13(16)11-6-8-12(14-3)9-7-11/h4-10,14H,2H2,1,3H3/b10-4-. The molecule has 0 spiro atoms. The Hall–Kier alpha value is -2.03. The predicted molar refractivity (Wildman–Crippen MR) is 67.2 cm³/mol. The van der Waals surface area contributed by atoms with Gasteiger partial charge in [0.05, 0.1) is 0 Å². The molecule has 3 nitrogen and oxygen atoms in total. The van der Waals surface area contributed by atoms with Crippen LogP contribution in [0.4, 0.5) is 5.69 Å². The van der Waals surface area contributed by atoms with Gasteiger partial charge < -0.3 is 5.32 Å². The van der Waals surface area contributed by atoms with Crippen molar-refractivity contribution >= 4 is 11.6 Å². The fraction of sp³-hybridized carbons (Fsp3) is 0.154. The molecule has 0 unspecified atom stereocenters. The number of benzene rings is 1. The molecule has 1 aromatic carbocycles. The fourth-order valence-corrected chi connectivity index (χ4v) is 1.30. The van der Waals surface area contributed by atoms with E-state index in [-0.39, 0.29) is 5.91 Å². The average Bonchev–Trinajstić information content (AvgIpc) is 2.35. The van der Waals surface area contributed by atoms with E-state index >= 15 is 0 Å². The quantitative estimate of drug-likeness (QED) is 0.839. The third-order valence-corrected chi connectivity index (χ3v) is 2.16. The van der Waals surface area contributed by atoms with Crippen LogP contribution >= 0.6 is 0 Å². The minimum atomic E-state index is -0.0873. The van der Waals surface area contributed by atoms with Crippen molar-refractivity contribution in [3.63, 3.8) is 0 Å². The van der Waals surface area contributed by atoms with E-state index in [0.29, 0.717) is 5.56 Å². The molecule has 1 aromatic rings. The third kappa shape index (κ3) is 2.73. The number of allylic oxidation sites excluding steroid dienone is 1. The molecule has 0 saturated heterocycles. The molecule has 0 radical (unpaired) electrons. The van der Waals surface area contributed by atoms with Crippen LogP contribution < -0.4 is 5.32 Å². The molecular formula is C13H16N2O. The Kier molecular flexibility index (Phi) is 4.33. The van der Waals surface area contributed by atoms with Gasteiger partial charge in [-0.15, -0.1) is 0 Å². The van der Waals surface area contributed by atoms with Gasteiger partial charge in [0.1, 0.15) is 0 Å². The number of hydrogen-bond acceptors (Lipinski definition) is 2. The van der Waals surface area contributed by atoms with Gasteiger partial charge in [-0.1, -0.05) is 12.7 Å². The third-order valence-electron chi connectivity index (χ3n) is 2.16. The number of nitrogens with one attached hydrogen (secondary N) is 1. The summed E-state index contributed by atoms with van der Waals surface area (Å²) in [5, 5.41) is 3.00. The minimum absolute atomic E-state index is 0.0873. The number of anilines is 1. The Morgan fingerprint density at radius 3 is 2.44 bits per heavy atom. The first-order valence-electron chi connectivity index (χ1n) is 5.08. The first-order valence-corrected chi connectivity index (χ1v) is 5.08. The smallest absolute Gasteiger partial charge is 0.261 e. The summed E-state index contributed by atoms with van der Waals surface area (Å²) in [4.78, 5) is 13.4. The van der Waals surface area contributed by atoms with Crippen LogP contribution in [0.3, 0.4) is 0 Å². The summed E-state index contributed by atoms with van der Waals surface area (Å²) in [5.74, 6) is -0.0873. The molecule has 0 aliphatic carbocycles. The van der Waals surface area contributed by atoms with Crippen LogP contribution in [0.25, 0.3) is 0 Å². The Morgan fingerprint density at radius 1 is 1.38 bits per heavy atom. The first-order chi connectivity index (χ1) is 7.72. The van der Waals surface area contributed by atoms with Crippen molar-refractivity contribution in [1.29, 1.82) is 0 Å². The number of hydrogen-bond donors (Lipinski definition) is 1. The SMILES string of the molecule is C=CN(/C=C\C)C(=O)c1ccc(NC)cc1. The zero-order valence-corrected chi connectivity index (χ0v) is 9.60. The van der Waals surface area contributed by atoms with Crippen LogP contribution in [-0.4, -0.2) is 17.9 Å². The summed E-state index contributed by atoms with van der Waals surface area (Å²) in [6, 6.07) is 7.30. The molecule has 0 heterocycles. The normalized spacial score (nSPS) is 10.1. The lowest BCUT2D eigenvalue weighted by Crippen LogP contribution is -2.19. The number of carbonyl (C=O) groups excluding carboxylic acids is 1. The predicted octanol–water partition coefficient (Wildman–Crippen LogP) is 2.85. The van der Waals surface area contributed by atoms with E-state index in [1.54, 1.807) is 24.4 Å². The monoisotopic (exact) mass is 216 g/mol. The van der Waals surface area contributed by atoms with Crippen LogP contribution in [0.1, 0.15) is 17.3 Å². The molecule has 16 heavy (non-hydrogen) atoms. The number of carbonyl (C=O) groups is 1. The van der Waals surface area contributed by atoms with Crippen LogP contribution in [0.2, 0.25) is 0 Å². The molecule has 0 saturated carbocycles. The van der Waals surface area contributed by atoms with Crippen LogP contribution in [0.5, 0.6) is 0 Å². The molecule has 1 rings (SSSR count). The molecule has 0 aliphatic rings. The second kappa shape index (κ2) is 5.75. The summed E-state index contributed by atoms with van der Waals surface area (Å²) in [6.45, 7) is 5.46. The molecule has 84 valence electrons. The highest BCUT2D eigenvalue weighted by molar-refractivity contribution is 5.95. The average molecular weight is 216 g/mol. The molecule has 0 fully saturated rings. The molecule has 1 N–H and O–H groups in total. The van der Waals surface area contributed by atoms with Gasteiger partial charge in [0.25, 0.3) is 5.91 Å². The molecule has 0 aromatic heterocycles. The van der Waals surface area contributed by atoms with Crippen LogP contribution in [0, 0.1) is 0 Å². The second-order valence-corrected chi connectivity index (χ2v) is 3.20. The lowest BCUT2D eigenvalue weighted by Gasteiger charge is -2.12. The molecular weight excluding hydrogens is 200 g/mol. The maximum absolute atomic E-state index is 11.9. The zero-order chi connectivity index (χ0) is 12.0. The van der Waals surface area contributed by atoms with Crippen molar-refractivity contribution in [2.75, 3.05) is 12.4 Å². The van der Waals surface area contributed by atoms with Crippen molar-refractivity contribution in [3.8, 4) is 0 Å². The van der Waals surface area contributed by atoms with E-state index in [1.807, 2.05) is 26.1 Å². The fourth-order valence-electron chi connectivity index (χ4n) is 1.30. The molecule has 1 amide bonds. The van der Waals surface area contributed by atoms with Crippen molar-refractivity contribution in [3.05, 3.63) is 54.9 Å². The van der Waals surface area contributed by atoms with Crippen molar-refractivity contribution in [2.24, 2.45) is 0 Å². The molecule has 0 atom stereocenters. The summed E-state index contributed by atoms with van der Waals surface area (Å²) in [7, 11) is 1.84. The van der Waals surface area contributed by atoms with Crippen molar-refractivity contribution < 1.29 is 4.79 Å². The molecule has 0 bridgehead atoms. The van der Waals surface area contributed by atoms with E-state index in [4.69, 9.17) is 0 Å². The van der Waals surface area contributed by atoms with E-state index in [2.05, 4.69) is 11.9 Å². The summed E-state index contributed by atoms with van der Waals surface area (Å²) < 4.78 is 0. The second-order valence-electron chi connectivity index (χ2n) is 3.20. The minimum Gasteiger partial charge on any atom is -0.388 e. The van der Waals surface area contributed by atoms with Gasteiger partial charge >= 0.3 is 0 Å². The van der Waals surface area contributed by atoms with Crippen LogP contribution in [-0.2, 0) is 0 Å². The maximum atomic E-state index is 11.9. The first kappa shape index (κ1) is 12.0. The van der Waals surface area contributed by atoms with Gasteiger partial charge in [0.2, 0.25) is 0 Å². The Morgan fingerprint density at radius 2 is 2.00 bits per heavy atom.